The van der Waals surface area contributed by atoms with E-state index in [1.807, 2.05) is 24.3 Å². The number of carbonyl (C=O) groups is 1. The smallest absolute Gasteiger partial charge is 0.253 e. The molecule has 5 nitrogen and oxygen atoms in total. The number of ether oxygens (including phenoxy) is 1. The zero-order valence-corrected chi connectivity index (χ0v) is 13.1. The number of terminal acetylenes is 1. The van der Waals surface area contributed by atoms with Crippen LogP contribution >= 0.6 is 0 Å². The second-order valence-corrected chi connectivity index (χ2v) is 6.14. The van der Waals surface area contributed by atoms with Crippen LogP contribution in [0.25, 0.3) is 0 Å². The maximum Gasteiger partial charge on any atom is 0.253 e. The van der Waals surface area contributed by atoms with Gasteiger partial charge in [0.1, 0.15) is 0 Å². The summed E-state index contributed by atoms with van der Waals surface area (Å²) in [5.74, 6) is 2.22. The molecule has 0 aliphatic carbocycles. The van der Waals surface area contributed by atoms with E-state index in [1.165, 1.54) is 0 Å². The van der Waals surface area contributed by atoms with Crippen LogP contribution in [0.4, 0.5) is 0 Å². The molecule has 0 bridgehead atoms. The highest BCUT2D eigenvalue weighted by molar-refractivity contribution is 5.94. The summed E-state index contributed by atoms with van der Waals surface area (Å²) >= 11 is 0. The van der Waals surface area contributed by atoms with Crippen LogP contribution in [0.15, 0.2) is 24.3 Å². The highest BCUT2D eigenvalue weighted by Crippen LogP contribution is 2.19. The molecular weight excluding hydrogens is 292 g/mol. The molecule has 1 N–H and O–H groups in total. The van der Waals surface area contributed by atoms with Gasteiger partial charge in [-0.25, -0.2) is 0 Å². The molecule has 0 unspecified atom stereocenters. The maximum absolute atomic E-state index is 12.6. The summed E-state index contributed by atoms with van der Waals surface area (Å²) in [4.78, 5) is 16.6. The Labute approximate surface area is 136 Å². The van der Waals surface area contributed by atoms with Crippen molar-refractivity contribution in [1.29, 1.82) is 0 Å². The van der Waals surface area contributed by atoms with Crippen molar-refractivity contribution in [2.45, 2.75) is 12.6 Å². The Morgan fingerprint density at radius 1 is 1.35 bits per heavy atom. The highest BCUT2D eigenvalue weighted by Gasteiger charge is 2.33. The van der Waals surface area contributed by atoms with E-state index in [2.05, 4.69) is 10.8 Å². The lowest BCUT2D eigenvalue weighted by Crippen LogP contribution is -2.35. The predicted molar refractivity (Wildman–Crippen MR) is 86.8 cm³/mol. The molecule has 2 atom stereocenters. The molecule has 2 fully saturated rings. The number of aliphatic hydroxyl groups excluding tert-OH is 1. The molecular formula is C18H22N2O3. The van der Waals surface area contributed by atoms with Crippen LogP contribution < -0.4 is 0 Å². The summed E-state index contributed by atoms with van der Waals surface area (Å²) < 4.78 is 5.36. The maximum atomic E-state index is 12.6. The van der Waals surface area contributed by atoms with E-state index in [1.54, 1.807) is 4.90 Å². The van der Waals surface area contributed by atoms with E-state index in [0.717, 1.165) is 38.4 Å². The summed E-state index contributed by atoms with van der Waals surface area (Å²) in [6.45, 7) is 4.90. The van der Waals surface area contributed by atoms with Crippen molar-refractivity contribution in [3.63, 3.8) is 0 Å². The number of hydrogen-bond acceptors (Lipinski definition) is 4. The average molecular weight is 314 g/mol. The van der Waals surface area contributed by atoms with Crippen LogP contribution in [0.3, 0.4) is 0 Å². The van der Waals surface area contributed by atoms with Crippen molar-refractivity contribution >= 4 is 5.91 Å². The molecule has 2 saturated heterocycles. The standard InChI is InChI=1S/C18H22N2O3/c1-2-15-12-20(13-17(15)21)18(22)16-5-3-4-14(10-16)11-19-6-8-23-9-7-19/h1,3-5,10,15,17,21H,6-9,11-13H2/t15-,17-/m1/s1. The van der Waals surface area contributed by atoms with E-state index in [0.29, 0.717) is 18.7 Å². The molecule has 0 spiro atoms. The SMILES string of the molecule is C#C[C@@H]1CN(C(=O)c2cccc(CN3CCOCC3)c2)C[C@H]1O. The number of nitrogens with zero attached hydrogens (tertiary/aromatic N) is 2. The van der Waals surface area contributed by atoms with E-state index >= 15 is 0 Å². The molecule has 122 valence electrons. The fourth-order valence-electron chi connectivity index (χ4n) is 3.12. The first-order valence-electron chi connectivity index (χ1n) is 8.00. The molecule has 0 aromatic heterocycles. The van der Waals surface area contributed by atoms with Gasteiger partial charge in [0.15, 0.2) is 0 Å². The topological polar surface area (TPSA) is 53.0 Å². The Morgan fingerprint density at radius 2 is 2.13 bits per heavy atom. The fraction of sp³-hybridized carbons (Fsp3) is 0.500. The Kier molecular flexibility index (Phi) is 4.97. The lowest BCUT2D eigenvalue weighted by atomic mass is 10.1. The lowest BCUT2D eigenvalue weighted by Gasteiger charge is -2.26. The van der Waals surface area contributed by atoms with Gasteiger partial charge in [-0.05, 0) is 17.7 Å². The highest BCUT2D eigenvalue weighted by atomic mass is 16.5. The van der Waals surface area contributed by atoms with Crippen LogP contribution in [0.5, 0.6) is 0 Å². The van der Waals surface area contributed by atoms with E-state index in [9.17, 15) is 9.90 Å². The number of β-amino-alcohol motifs (C(OH)–C–C–N with tert-alkyl or cyclic N) is 1. The monoisotopic (exact) mass is 314 g/mol. The van der Waals surface area contributed by atoms with Crippen molar-refractivity contribution < 1.29 is 14.6 Å². The number of rotatable bonds is 3. The third kappa shape index (κ3) is 3.73. The first-order valence-corrected chi connectivity index (χ1v) is 8.00. The number of aliphatic hydroxyl groups is 1. The van der Waals surface area contributed by atoms with Crippen LogP contribution in [0.2, 0.25) is 0 Å². The van der Waals surface area contributed by atoms with Crippen molar-refractivity contribution in [2.24, 2.45) is 5.92 Å². The van der Waals surface area contributed by atoms with Gasteiger partial charge in [-0.3, -0.25) is 9.69 Å². The molecule has 2 aliphatic heterocycles. The van der Waals surface area contributed by atoms with Crippen molar-refractivity contribution in [3.05, 3.63) is 35.4 Å². The molecule has 3 rings (SSSR count). The quantitative estimate of drug-likeness (QED) is 0.830. The average Bonchev–Trinajstić information content (AvgIpc) is 2.96. The number of morpholine rings is 1. The molecule has 2 heterocycles. The van der Waals surface area contributed by atoms with Gasteiger partial charge < -0.3 is 14.7 Å². The van der Waals surface area contributed by atoms with E-state index in [-0.39, 0.29) is 11.8 Å². The lowest BCUT2D eigenvalue weighted by molar-refractivity contribution is 0.0341. The second-order valence-electron chi connectivity index (χ2n) is 6.14. The van der Waals surface area contributed by atoms with Crippen LogP contribution in [0.1, 0.15) is 15.9 Å². The minimum absolute atomic E-state index is 0.0642. The minimum atomic E-state index is -0.625. The molecule has 1 aromatic rings. The summed E-state index contributed by atoms with van der Waals surface area (Å²) in [5, 5.41) is 9.87. The van der Waals surface area contributed by atoms with E-state index < -0.39 is 6.10 Å². The summed E-state index contributed by atoms with van der Waals surface area (Å²) in [6.07, 6.45) is 4.77. The van der Waals surface area contributed by atoms with Crippen LogP contribution in [-0.2, 0) is 11.3 Å². The van der Waals surface area contributed by atoms with Gasteiger partial charge in [0, 0.05) is 38.3 Å². The van der Waals surface area contributed by atoms with Gasteiger partial charge in [-0.15, -0.1) is 6.42 Å². The Hall–Kier alpha value is -1.87. The first-order chi connectivity index (χ1) is 11.2. The summed E-state index contributed by atoms with van der Waals surface area (Å²) in [7, 11) is 0. The Balaban J connectivity index is 1.67. The molecule has 5 heteroatoms. The van der Waals surface area contributed by atoms with E-state index in [4.69, 9.17) is 11.2 Å². The second kappa shape index (κ2) is 7.14. The number of carbonyl (C=O) groups excluding carboxylic acids is 1. The Morgan fingerprint density at radius 3 is 2.83 bits per heavy atom. The van der Waals surface area contributed by atoms with Crippen molar-refractivity contribution in [2.75, 3.05) is 39.4 Å². The number of hydrogen-bond donors (Lipinski definition) is 1. The molecule has 2 aliphatic rings. The van der Waals surface area contributed by atoms with Crippen LogP contribution in [0, 0.1) is 18.3 Å². The summed E-state index contributed by atoms with van der Waals surface area (Å²) in [5.41, 5.74) is 1.77. The molecule has 0 saturated carbocycles. The third-order valence-corrected chi connectivity index (χ3v) is 4.47. The van der Waals surface area contributed by atoms with Crippen molar-refractivity contribution in [1.82, 2.24) is 9.80 Å². The van der Waals surface area contributed by atoms with Crippen molar-refractivity contribution in [3.8, 4) is 12.3 Å². The molecule has 23 heavy (non-hydrogen) atoms. The fourth-order valence-corrected chi connectivity index (χ4v) is 3.12. The van der Waals surface area contributed by atoms with Gasteiger partial charge in [0.2, 0.25) is 0 Å². The molecule has 1 amide bonds. The molecule has 1 aromatic carbocycles. The van der Waals surface area contributed by atoms with Gasteiger partial charge in [-0.2, -0.15) is 0 Å². The summed E-state index contributed by atoms with van der Waals surface area (Å²) in [6, 6.07) is 7.71. The number of likely N-dealkylation sites (tertiary alicyclic amines) is 1. The normalized spacial score (nSPS) is 25.3. The zero-order valence-electron chi connectivity index (χ0n) is 13.1. The Bertz CT molecular complexity index is 605. The molecule has 0 radical (unpaired) electrons. The van der Waals surface area contributed by atoms with Crippen LogP contribution in [-0.4, -0.2) is 66.3 Å². The number of benzene rings is 1. The minimum Gasteiger partial charge on any atom is -0.390 e. The third-order valence-electron chi connectivity index (χ3n) is 4.47. The van der Waals surface area contributed by atoms with Gasteiger partial charge >= 0.3 is 0 Å². The van der Waals surface area contributed by atoms with Gasteiger partial charge in [-0.1, -0.05) is 18.1 Å². The van der Waals surface area contributed by atoms with Gasteiger partial charge in [0.05, 0.1) is 25.2 Å². The zero-order chi connectivity index (χ0) is 16.2. The first kappa shape index (κ1) is 16.0. The van der Waals surface area contributed by atoms with Gasteiger partial charge in [0.25, 0.3) is 5.91 Å². The number of amides is 1. The largest absolute Gasteiger partial charge is 0.390 e. The predicted octanol–water partition coefficient (Wildman–Crippen LogP) is 0.585.